The molecule has 0 aliphatic carbocycles. The summed E-state index contributed by atoms with van der Waals surface area (Å²) in [4.78, 5) is 10.4. The summed E-state index contributed by atoms with van der Waals surface area (Å²) in [5.74, 6) is 5.22. The first-order valence-electron chi connectivity index (χ1n) is 6.26. The third kappa shape index (κ3) is 4.76. The molecule has 20 heavy (non-hydrogen) atoms. The highest BCUT2D eigenvalue weighted by Gasteiger charge is 2.16. The van der Waals surface area contributed by atoms with Gasteiger partial charge in [-0.1, -0.05) is 6.07 Å². The van der Waals surface area contributed by atoms with E-state index in [0.717, 1.165) is 12.0 Å². The largest absolute Gasteiger partial charge is 0.379 e. The lowest BCUT2D eigenvalue weighted by atomic mass is 10.1. The number of hydrogen-bond acceptors (Lipinski definition) is 6. The summed E-state index contributed by atoms with van der Waals surface area (Å²) in [5.41, 5.74) is 3.00. The van der Waals surface area contributed by atoms with Gasteiger partial charge in [-0.15, -0.1) is 0 Å². The highest BCUT2D eigenvalue weighted by Crippen LogP contribution is 2.25. The zero-order valence-corrected chi connectivity index (χ0v) is 12.0. The molecule has 0 radical (unpaired) electrons. The van der Waals surface area contributed by atoms with Gasteiger partial charge in [0, 0.05) is 19.8 Å². The summed E-state index contributed by atoms with van der Waals surface area (Å²) in [5, 5.41) is 10.9. The van der Waals surface area contributed by atoms with Crippen molar-refractivity contribution in [3.63, 3.8) is 0 Å². The number of nitrogens with one attached hydrogen (secondary N) is 1. The molecule has 7 heteroatoms. The van der Waals surface area contributed by atoms with Crippen LogP contribution in [-0.2, 0) is 16.1 Å². The molecule has 0 aliphatic rings. The second-order valence-corrected chi connectivity index (χ2v) is 5.02. The average Bonchev–Trinajstić information content (AvgIpc) is 2.43. The first kappa shape index (κ1) is 16.4. The second-order valence-electron chi connectivity index (χ2n) is 5.02. The van der Waals surface area contributed by atoms with Crippen molar-refractivity contribution in [2.45, 2.75) is 32.5 Å². The summed E-state index contributed by atoms with van der Waals surface area (Å²) < 4.78 is 10.8. The Morgan fingerprint density at radius 2 is 2.15 bits per heavy atom. The maximum absolute atomic E-state index is 10.9. The Morgan fingerprint density at radius 1 is 1.45 bits per heavy atom. The predicted molar refractivity (Wildman–Crippen MR) is 76.3 cm³/mol. The van der Waals surface area contributed by atoms with Crippen molar-refractivity contribution in [2.75, 3.05) is 19.1 Å². The van der Waals surface area contributed by atoms with Crippen molar-refractivity contribution >= 4 is 11.4 Å². The van der Waals surface area contributed by atoms with E-state index in [1.807, 2.05) is 13.8 Å². The van der Waals surface area contributed by atoms with Crippen LogP contribution in [0.2, 0.25) is 0 Å². The van der Waals surface area contributed by atoms with Gasteiger partial charge in [0.05, 0.1) is 17.1 Å². The minimum atomic E-state index is -0.479. The van der Waals surface area contributed by atoms with Gasteiger partial charge in [0.2, 0.25) is 0 Å². The number of nitrogen functional groups attached to an aromatic ring is 1. The zero-order valence-electron chi connectivity index (χ0n) is 12.0. The number of anilines is 1. The molecule has 0 fully saturated rings. The number of nitro benzene ring substituents is 1. The van der Waals surface area contributed by atoms with Crippen molar-refractivity contribution in [1.82, 2.24) is 0 Å². The van der Waals surface area contributed by atoms with Gasteiger partial charge in [-0.05, 0) is 31.9 Å². The molecule has 1 aromatic rings. The van der Waals surface area contributed by atoms with Crippen LogP contribution in [0.1, 0.15) is 25.8 Å². The van der Waals surface area contributed by atoms with Gasteiger partial charge in [0.25, 0.3) is 5.69 Å². The Balaban J connectivity index is 2.57. The summed E-state index contributed by atoms with van der Waals surface area (Å²) >= 11 is 0. The Kier molecular flexibility index (Phi) is 5.87. The van der Waals surface area contributed by atoms with Crippen LogP contribution in [0.3, 0.4) is 0 Å². The topological polar surface area (TPSA) is 99.7 Å². The predicted octanol–water partition coefficient (Wildman–Crippen LogP) is 2.21. The van der Waals surface area contributed by atoms with Gasteiger partial charge < -0.3 is 14.9 Å². The molecular weight excluding hydrogens is 262 g/mol. The lowest BCUT2D eigenvalue weighted by Gasteiger charge is -2.22. The maximum Gasteiger partial charge on any atom is 0.294 e. The molecule has 3 N–H and O–H groups in total. The number of rotatable bonds is 8. The van der Waals surface area contributed by atoms with Crippen LogP contribution in [-0.4, -0.2) is 24.2 Å². The third-order valence-electron chi connectivity index (χ3n) is 3.08. The Hall–Kier alpha value is -1.70. The minimum absolute atomic E-state index is 0.0641. The van der Waals surface area contributed by atoms with Crippen LogP contribution < -0.4 is 11.3 Å². The van der Waals surface area contributed by atoms with Crippen LogP contribution in [0.4, 0.5) is 11.4 Å². The average molecular weight is 283 g/mol. The quantitative estimate of drug-likeness (QED) is 0.328. The van der Waals surface area contributed by atoms with Crippen LogP contribution in [0.15, 0.2) is 18.2 Å². The molecule has 7 nitrogen and oxygen atoms in total. The molecule has 0 atom stereocenters. The van der Waals surface area contributed by atoms with Crippen molar-refractivity contribution in [3.8, 4) is 0 Å². The fourth-order valence-electron chi connectivity index (χ4n) is 1.55. The molecule has 0 aliphatic heterocycles. The van der Waals surface area contributed by atoms with E-state index in [1.165, 1.54) is 6.07 Å². The molecule has 0 heterocycles. The lowest BCUT2D eigenvalue weighted by molar-refractivity contribution is -0.384. The van der Waals surface area contributed by atoms with Crippen LogP contribution in [0.5, 0.6) is 0 Å². The first-order valence-corrected chi connectivity index (χ1v) is 6.26. The number of hydrazine groups is 1. The van der Waals surface area contributed by atoms with E-state index in [2.05, 4.69) is 5.43 Å². The second kappa shape index (κ2) is 7.18. The Labute approximate surface area is 118 Å². The smallest absolute Gasteiger partial charge is 0.294 e. The van der Waals surface area contributed by atoms with Gasteiger partial charge in [-0.3, -0.25) is 16.0 Å². The molecule has 1 rings (SSSR count). The van der Waals surface area contributed by atoms with E-state index in [0.29, 0.717) is 13.2 Å². The molecule has 1 aromatic carbocycles. The summed E-state index contributed by atoms with van der Waals surface area (Å²) in [6.07, 6.45) is 0.744. The van der Waals surface area contributed by atoms with E-state index < -0.39 is 4.92 Å². The van der Waals surface area contributed by atoms with Crippen LogP contribution in [0.25, 0.3) is 0 Å². The van der Waals surface area contributed by atoms with Gasteiger partial charge in [-0.25, -0.2) is 0 Å². The number of ether oxygens (including phenoxy) is 2. The maximum atomic E-state index is 10.9. The number of benzene rings is 1. The lowest BCUT2D eigenvalue weighted by Crippen LogP contribution is -2.24. The van der Waals surface area contributed by atoms with Crippen molar-refractivity contribution in [3.05, 3.63) is 33.9 Å². The van der Waals surface area contributed by atoms with Gasteiger partial charge in [0.15, 0.2) is 0 Å². The Bertz CT molecular complexity index is 463. The molecule has 0 unspecified atom stereocenters. The monoisotopic (exact) mass is 283 g/mol. The molecule has 0 aromatic heterocycles. The fraction of sp³-hybridized carbons (Fsp3) is 0.538. The number of nitro groups is 1. The van der Waals surface area contributed by atoms with E-state index in [4.69, 9.17) is 15.3 Å². The van der Waals surface area contributed by atoms with Crippen LogP contribution >= 0.6 is 0 Å². The van der Waals surface area contributed by atoms with Crippen molar-refractivity contribution in [1.29, 1.82) is 0 Å². The normalized spacial score (nSPS) is 11.4. The summed E-state index contributed by atoms with van der Waals surface area (Å²) in [6, 6.07) is 4.76. The molecular formula is C13H21N3O4. The van der Waals surface area contributed by atoms with Crippen LogP contribution in [0, 0.1) is 10.1 Å². The molecule has 0 bridgehead atoms. The molecule has 0 saturated heterocycles. The molecule has 112 valence electrons. The molecule has 0 saturated carbocycles. The Morgan fingerprint density at radius 3 is 2.70 bits per heavy atom. The molecule has 0 amide bonds. The number of hydrogen-bond donors (Lipinski definition) is 2. The first-order chi connectivity index (χ1) is 9.39. The number of nitrogens with two attached hydrogens (primary N) is 1. The van der Waals surface area contributed by atoms with Gasteiger partial charge >= 0.3 is 0 Å². The van der Waals surface area contributed by atoms with Crippen molar-refractivity contribution in [2.24, 2.45) is 5.84 Å². The van der Waals surface area contributed by atoms with E-state index in [9.17, 15) is 10.1 Å². The van der Waals surface area contributed by atoms with E-state index in [-0.39, 0.29) is 17.0 Å². The van der Waals surface area contributed by atoms with E-state index >= 15 is 0 Å². The highest BCUT2D eigenvalue weighted by molar-refractivity contribution is 5.61. The van der Waals surface area contributed by atoms with Gasteiger partial charge in [-0.2, -0.15) is 0 Å². The number of methoxy groups -OCH3 is 1. The fourth-order valence-corrected chi connectivity index (χ4v) is 1.55. The minimum Gasteiger partial charge on any atom is -0.379 e. The van der Waals surface area contributed by atoms with Gasteiger partial charge in [0.1, 0.15) is 5.69 Å². The third-order valence-corrected chi connectivity index (χ3v) is 3.08. The summed E-state index contributed by atoms with van der Waals surface area (Å²) in [7, 11) is 1.65. The van der Waals surface area contributed by atoms with Crippen molar-refractivity contribution < 1.29 is 14.4 Å². The SMILES string of the molecule is COC(C)(C)CCOCc1ccc(NN)c([N+](=O)[O-])c1. The standard InChI is InChI=1S/C13H21N3O4/c1-13(2,19-3)6-7-20-9-10-4-5-11(15-14)12(8-10)16(17)18/h4-5,8,15H,6-7,9,14H2,1-3H3. The van der Waals surface area contributed by atoms with E-state index in [1.54, 1.807) is 19.2 Å². The molecule has 0 spiro atoms. The summed E-state index contributed by atoms with van der Waals surface area (Å²) in [6.45, 7) is 4.78. The zero-order chi connectivity index (χ0) is 15.2. The highest BCUT2D eigenvalue weighted by atomic mass is 16.6. The number of nitrogens with zero attached hydrogens (tertiary/aromatic N) is 1.